The van der Waals surface area contributed by atoms with Crippen LogP contribution in [0.4, 0.5) is 8.78 Å². The van der Waals surface area contributed by atoms with Crippen LogP contribution in [0.3, 0.4) is 0 Å². The molecule has 0 aliphatic rings. The molecular weight excluding hydrogens is 346 g/mol. The summed E-state index contributed by atoms with van der Waals surface area (Å²) in [6.07, 6.45) is 0. The van der Waals surface area contributed by atoms with E-state index in [0.29, 0.717) is 33.2 Å². The van der Waals surface area contributed by atoms with Crippen LogP contribution < -0.4 is 9.47 Å². The van der Waals surface area contributed by atoms with Gasteiger partial charge in [-0.25, -0.2) is 8.78 Å². The van der Waals surface area contributed by atoms with Gasteiger partial charge in [-0.3, -0.25) is 0 Å². The van der Waals surface area contributed by atoms with Crippen LogP contribution in [0.15, 0.2) is 54.6 Å². The smallest absolute Gasteiger partial charge is 0.136 e. The van der Waals surface area contributed by atoms with Gasteiger partial charge in [0, 0.05) is 17.2 Å². The van der Waals surface area contributed by atoms with Crippen LogP contribution in [-0.4, -0.2) is 7.11 Å². The first-order valence-electron chi connectivity index (χ1n) is 7.50. The number of benzene rings is 3. The number of ether oxygens (including phenoxy) is 2. The van der Waals surface area contributed by atoms with E-state index < -0.39 is 5.82 Å². The van der Waals surface area contributed by atoms with Crippen molar-refractivity contribution in [2.45, 2.75) is 6.61 Å². The van der Waals surface area contributed by atoms with Crippen LogP contribution in [-0.2, 0) is 6.61 Å². The topological polar surface area (TPSA) is 18.5 Å². The monoisotopic (exact) mass is 359 g/mol. The molecular formula is C20H14ClF2O2. The number of halogens is 3. The second-order valence-electron chi connectivity index (χ2n) is 5.29. The number of methoxy groups -OCH3 is 1. The van der Waals surface area contributed by atoms with Gasteiger partial charge in [-0.05, 0) is 48.0 Å². The molecule has 0 amide bonds. The molecule has 0 heterocycles. The van der Waals surface area contributed by atoms with Gasteiger partial charge < -0.3 is 9.47 Å². The Morgan fingerprint density at radius 1 is 1.04 bits per heavy atom. The lowest BCUT2D eigenvalue weighted by Gasteiger charge is -2.15. The molecule has 0 fully saturated rings. The number of hydrogen-bond acceptors (Lipinski definition) is 2. The molecule has 0 aliphatic carbocycles. The fourth-order valence-corrected chi connectivity index (χ4v) is 2.73. The zero-order valence-corrected chi connectivity index (χ0v) is 14.1. The third-order valence-electron chi connectivity index (χ3n) is 3.61. The lowest BCUT2D eigenvalue weighted by Crippen LogP contribution is -1.99. The first-order chi connectivity index (χ1) is 12.1. The molecule has 3 rings (SSSR count). The molecule has 5 heteroatoms. The molecule has 127 valence electrons. The standard InChI is InChI=1S/C20H14ClF2O2/c1-24-19-7-3-6-17(21)20(19)16-11-15(23)8-9-18(16)25-12-13-4-2-5-14(22)10-13/h2-6,8-11H,12H2,1H3. The summed E-state index contributed by atoms with van der Waals surface area (Å²) in [5.74, 6) is 0.0112. The normalized spacial score (nSPS) is 10.6. The van der Waals surface area contributed by atoms with Crippen molar-refractivity contribution < 1.29 is 18.3 Å². The summed E-state index contributed by atoms with van der Waals surface area (Å²) in [6.45, 7) is 0.132. The van der Waals surface area contributed by atoms with E-state index >= 15 is 0 Å². The minimum Gasteiger partial charge on any atom is -0.495 e. The Labute approximate surface area is 149 Å². The molecule has 0 atom stereocenters. The van der Waals surface area contributed by atoms with Crippen molar-refractivity contribution in [3.8, 4) is 22.6 Å². The van der Waals surface area contributed by atoms with Crippen LogP contribution in [0, 0.1) is 17.7 Å². The van der Waals surface area contributed by atoms with E-state index in [1.54, 1.807) is 24.3 Å². The van der Waals surface area contributed by atoms with E-state index in [2.05, 4.69) is 6.07 Å². The van der Waals surface area contributed by atoms with Crippen LogP contribution in [0.1, 0.15) is 5.56 Å². The largest absolute Gasteiger partial charge is 0.495 e. The van der Waals surface area contributed by atoms with Gasteiger partial charge in [0.05, 0.1) is 12.1 Å². The van der Waals surface area contributed by atoms with E-state index in [1.165, 1.54) is 37.4 Å². The molecule has 0 unspecified atom stereocenters. The molecule has 0 aliphatic heterocycles. The average Bonchev–Trinajstić information content (AvgIpc) is 2.60. The summed E-state index contributed by atoms with van der Waals surface area (Å²) in [6, 6.07) is 16.4. The van der Waals surface area contributed by atoms with Crippen molar-refractivity contribution in [1.82, 2.24) is 0 Å². The number of hydrogen-bond donors (Lipinski definition) is 0. The van der Waals surface area contributed by atoms with Crippen molar-refractivity contribution in [2.24, 2.45) is 0 Å². The van der Waals surface area contributed by atoms with Gasteiger partial charge in [-0.1, -0.05) is 23.7 Å². The molecule has 3 aromatic rings. The van der Waals surface area contributed by atoms with Gasteiger partial charge >= 0.3 is 0 Å². The van der Waals surface area contributed by atoms with Gasteiger partial charge in [-0.2, -0.15) is 0 Å². The minimum absolute atomic E-state index is 0.132. The van der Waals surface area contributed by atoms with Crippen LogP contribution in [0.25, 0.3) is 11.1 Å². The molecule has 0 bridgehead atoms. The summed E-state index contributed by atoms with van der Waals surface area (Å²) < 4.78 is 38.2. The Morgan fingerprint density at radius 3 is 2.60 bits per heavy atom. The molecule has 0 N–H and O–H groups in total. The summed E-state index contributed by atoms with van der Waals surface area (Å²) in [7, 11) is 1.48. The highest BCUT2D eigenvalue weighted by atomic mass is 35.5. The zero-order chi connectivity index (χ0) is 17.8. The van der Waals surface area contributed by atoms with Crippen LogP contribution >= 0.6 is 11.6 Å². The fourth-order valence-electron chi connectivity index (χ4n) is 2.48. The van der Waals surface area contributed by atoms with E-state index in [1.807, 2.05) is 0 Å². The van der Waals surface area contributed by atoms with Crippen LogP contribution in [0.5, 0.6) is 11.5 Å². The highest BCUT2D eigenvalue weighted by Crippen LogP contribution is 2.41. The highest BCUT2D eigenvalue weighted by molar-refractivity contribution is 6.33. The molecule has 0 saturated carbocycles. The van der Waals surface area contributed by atoms with Crippen molar-refractivity contribution in [3.63, 3.8) is 0 Å². The maximum Gasteiger partial charge on any atom is 0.136 e. The van der Waals surface area contributed by atoms with E-state index in [9.17, 15) is 8.78 Å². The summed E-state index contributed by atoms with van der Waals surface area (Å²) in [5.41, 5.74) is 1.59. The van der Waals surface area contributed by atoms with E-state index in [4.69, 9.17) is 21.1 Å². The highest BCUT2D eigenvalue weighted by Gasteiger charge is 2.16. The quantitative estimate of drug-likeness (QED) is 0.584. The maximum atomic E-state index is 13.8. The predicted octanol–water partition coefficient (Wildman–Crippen LogP) is 5.67. The van der Waals surface area contributed by atoms with Gasteiger partial charge in [0.15, 0.2) is 0 Å². The first kappa shape index (κ1) is 17.2. The third-order valence-corrected chi connectivity index (χ3v) is 3.92. The van der Waals surface area contributed by atoms with Crippen molar-refractivity contribution in [1.29, 1.82) is 0 Å². The first-order valence-corrected chi connectivity index (χ1v) is 7.87. The van der Waals surface area contributed by atoms with Gasteiger partial charge in [0.1, 0.15) is 29.7 Å². The molecule has 3 aromatic carbocycles. The Hall–Kier alpha value is -2.59. The summed E-state index contributed by atoms with van der Waals surface area (Å²) in [5, 5.41) is 0.386. The van der Waals surface area contributed by atoms with E-state index in [0.717, 1.165) is 0 Å². The van der Waals surface area contributed by atoms with Gasteiger partial charge in [0.25, 0.3) is 0 Å². The second kappa shape index (κ2) is 7.53. The summed E-state index contributed by atoms with van der Waals surface area (Å²) >= 11 is 6.28. The molecule has 2 nitrogen and oxygen atoms in total. The summed E-state index contributed by atoms with van der Waals surface area (Å²) in [4.78, 5) is 0. The lowest BCUT2D eigenvalue weighted by molar-refractivity contribution is 0.306. The Balaban J connectivity index is 1.99. The van der Waals surface area contributed by atoms with Crippen LogP contribution in [0.2, 0.25) is 5.02 Å². The Bertz CT molecular complexity index is 897. The average molecular weight is 360 g/mol. The SMILES string of the molecule is COc1[c]ccc(Cl)c1-c1cc(F)ccc1OCc1cccc(F)c1. The third kappa shape index (κ3) is 3.91. The van der Waals surface area contributed by atoms with E-state index in [-0.39, 0.29) is 12.4 Å². The van der Waals surface area contributed by atoms with Crippen molar-refractivity contribution in [3.05, 3.63) is 82.9 Å². The van der Waals surface area contributed by atoms with Gasteiger partial charge in [-0.15, -0.1) is 0 Å². The maximum absolute atomic E-state index is 13.8. The number of rotatable bonds is 5. The molecule has 0 spiro atoms. The predicted molar refractivity (Wildman–Crippen MR) is 93.0 cm³/mol. The second-order valence-corrected chi connectivity index (χ2v) is 5.70. The van der Waals surface area contributed by atoms with Gasteiger partial charge in [0.2, 0.25) is 0 Å². The molecule has 0 aromatic heterocycles. The van der Waals surface area contributed by atoms with Crippen molar-refractivity contribution in [2.75, 3.05) is 7.11 Å². The Kier molecular flexibility index (Phi) is 5.19. The Morgan fingerprint density at radius 2 is 1.84 bits per heavy atom. The fraction of sp³-hybridized carbons (Fsp3) is 0.100. The lowest BCUT2D eigenvalue weighted by atomic mass is 10.0. The molecule has 1 radical (unpaired) electrons. The molecule has 25 heavy (non-hydrogen) atoms. The zero-order valence-electron chi connectivity index (χ0n) is 13.4. The van der Waals surface area contributed by atoms with Crippen molar-refractivity contribution >= 4 is 11.6 Å². The molecule has 0 saturated heterocycles. The minimum atomic E-state index is -0.435.